The molecule has 2 aliphatic rings. The average Bonchev–Trinajstić information content (AvgIpc) is 3.15. The van der Waals surface area contributed by atoms with Crippen molar-refractivity contribution in [1.82, 2.24) is 10.2 Å². The molecule has 1 aromatic rings. The molecule has 5 nitrogen and oxygen atoms in total. The van der Waals surface area contributed by atoms with Crippen molar-refractivity contribution in [3.63, 3.8) is 0 Å². The fraction of sp³-hybridized carbons (Fsp3) is 0.312. The highest BCUT2D eigenvalue weighted by molar-refractivity contribution is 5.94. The van der Waals surface area contributed by atoms with E-state index in [0.717, 1.165) is 25.2 Å². The molecule has 1 amide bonds. The smallest absolute Gasteiger partial charge is 0.296 e. The second-order valence-corrected chi connectivity index (χ2v) is 4.80. The van der Waals surface area contributed by atoms with Crippen molar-refractivity contribution < 1.29 is 14.3 Å². The van der Waals surface area contributed by atoms with Crippen molar-refractivity contribution in [3.05, 3.63) is 35.9 Å². The lowest BCUT2D eigenvalue weighted by molar-refractivity contribution is -0.115. The van der Waals surface area contributed by atoms with Crippen molar-refractivity contribution >= 4 is 5.91 Å². The molecule has 0 aliphatic carbocycles. The maximum absolute atomic E-state index is 11.6. The first-order chi connectivity index (χ1) is 10.3. The van der Waals surface area contributed by atoms with Crippen LogP contribution in [0.25, 0.3) is 0 Å². The fourth-order valence-corrected chi connectivity index (χ4v) is 2.18. The molecule has 0 atom stereocenters. The summed E-state index contributed by atoms with van der Waals surface area (Å²) in [6.07, 6.45) is 4.25. The molecule has 2 aliphatic heterocycles. The number of carbonyl (C=O) groups is 1. The van der Waals surface area contributed by atoms with Gasteiger partial charge in [0.15, 0.2) is 11.5 Å². The minimum absolute atomic E-state index is 0.234. The van der Waals surface area contributed by atoms with Gasteiger partial charge in [-0.25, -0.2) is 0 Å². The highest BCUT2D eigenvalue weighted by Crippen LogP contribution is 2.32. The number of rotatable bonds is 3. The van der Waals surface area contributed by atoms with Gasteiger partial charge >= 0.3 is 0 Å². The van der Waals surface area contributed by atoms with E-state index in [1.165, 1.54) is 0 Å². The molecule has 0 unspecified atom stereocenters. The van der Waals surface area contributed by atoms with E-state index in [-0.39, 0.29) is 12.7 Å². The molecule has 0 saturated carbocycles. The van der Waals surface area contributed by atoms with Crippen LogP contribution < -0.4 is 14.8 Å². The van der Waals surface area contributed by atoms with Crippen LogP contribution in [0.15, 0.2) is 30.4 Å². The maximum atomic E-state index is 11.6. The first-order valence-corrected chi connectivity index (χ1v) is 6.88. The van der Waals surface area contributed by atoms with Crippen LogP contribution in [-0.2, 0) is 4.79 Å². The normalized spacial score (nSPS) is 15.6. The van der Waals surface area contributed by atoms with Crippen molar-refractivity contribution in [3.8, 4) is 23.3 Å². The zero-order chi connectivity index (χ0) is 14.5. The van der Waals surface area contributed by atoms with Gasteiger partial charge < -0.3 is 14.8 Å². The Kier molecular flexibility index (Phi) is 4.08. The Bertz CT molecular complexity index is 620. The van der Waals surface area contributed by atoms with E-state index in [9.17, 15) is 4.79 Å². The van der Waals surface area contributed by atoms with Crippen LogP contribution in [0.2, 0.25) is 0 Å². The Morgan fingerprint density at radius 2 is 2.05 bits per heavy atom. The second kappa shape index (κ2) is 6.33. The second-order valence-electron chi connectivity index (χ2n) is 4.80. The van der Waals surface area contributed by atoms with E-state index in [1.807, 2.05) is 6.07 Å². The average molecular weight is 284 g/mol. The van der Waals surface area contributed by atoms with Crippen LogP contribution in [0, 0.1) is 11.8 Å². The molecule has 0 saturated heterocycles. The quantitative estimate of drug-likeness (QED) is 0.657. The number of nitrogens with one attached hydrogen (secondary N) is 1. The van der Waals surface area contributed by atoms with Gasteiger partial charge in [0.25, 0.3) is 5.91 Å². The molecule has 0 bridgehead atoms. The van der Waals surface area contributed by atoms with Gasteiger partial charge in [0.1, 0.15) is 0 Å². The molecule has 1 aromatic carbocycles. The molecule has 5 heteroatoms. The van der Waals surface area contributed by atoms with E-state index in [4.69, 9.17) is 9.47 Å². The molecule has 0 spiro atoms. The number of benzene rings is 1. The van der Waals surface area contributed by atoms with Gasteiger partial charge in [0.05, 0.1) is 0 Å². The lowest BCUT2D eigenvalue weighted by Gasteiger charge is -2.13. The van der Waals surface area contributed by atoms with Gasteiger partial charge in [-0.1, -0.05) is 18.1 Å². The van der Waals surface area contributed by atoms with Crippen molar-refractivity contribution in [2.24, 2.45) is 0 Å². The summed E-state index contributed by atoms with van der Waals surface area (Å²) in [6, 6.07) is 5.38. The van der Waals surface area contributed by atoms with Crippen LogP contribution in [-0.4, -0.2) is 43.8 Å². The molecular formula is C16H16N2O3. The standard InChI is InChI=1S/C16H16N2O3/c19-16(17-7-10-18-8-1-2-9-18)6-4-13-3-5-14-15(11-13)21-12-20-14/h1-3,5,11H,7-10,12H2,(H,17,19). The minimum atomic E-state index is -0.264. The summed E-state index contributed by atoms with van der Waals surface area (Å²) in [7, 11) is 0. The van der Waals surface area contributed by atoms with Crippen molar-refractivity contribution in [2.45, 2.75) is 0 Å². The number of carbonyl (C=O) groups excluding carboxylic acids is 1. The first-order valence-electron chi connectivity index (χ1n) is 6.88. The maximum Gasteiger partial charge on any atom is 0.296 e. The Hall–Kier alpha value is -2.45. The van der Waals surface area contributed by atoms with Gasteiger partial charge in [-0.3, -0.25) is 9.69 Å². The monoisotopic (exact) mass is 284 g/mol. The third-order valence-corrected chi connectivity index (χ3v) is 3.30. The predicted octanol–water partition coefficient (Wildman–Crippen LogP) is 0.755. The molecule has 2 heterocycles. The summed E-state index contributed by atoms with van der Waals surface area (Å²) in [6.45, 7) is 3.59. The third kappa shape index (κ3) is 3.56. The lowest BCUT2D eigenvalue weighted by atomic mass is 10.2. The fourth-order valence-electron chi connectivity index (χ4n) is 2.18. The number of fused-ring (bicyclic) bond motifs is 1. The zero-order valence-electron chi connectivity index (χ0n) is 11.6. The third-order valence-electron chi connectivity index (χ3n) is 3.30. The van der Waals surface area contributed by atoms with Crippen LogP contribution in [0.1, 0.15) is 5.56 Å². The van der Waals surface area contributed by atoms with Crippen molar-refractivity contribution in [2.75, 3.05) is 33.0 Å². The van der Waals surface area contributed by atoms with E-state index in [2.05, 4.69) is 34.2 Å². The topological polar surface area (TPSA) is 50.8 Å². The minimum Gasteiger partial charge on any atom is -0.454 e. The molecule has 0 aromatic heterocycles. The first kappa shape index (κ1) is 13.5. The summed E-state index contributed by atoms with van der Waals surface area (Å²) in [4.78, 5) is 13.9. The molecule has 3 rings (SSSR count). The molecular weight excluding hydrogens is 268 g/mol. The Morgan fingerprint density at radius 1 is 1.24 bits per heavy atom. The van der Waals surface area contributed by atoms with E-state index in [0.29, 0.717) is 18.0 Å². The van der Waals surface area contributed by atoms with Crippen LogP contribution in [0.5, 0.6) is 11.5 Å². The summed E-state index contributed by atoms with van der Waals surface area (Å²) < 4.78 is 10.5. The highest BCUT2D eigenvalue weighted by Gasteiger charge is 2.12. The molecule has 21 heavy (non-hydrogen) atoms. The molecule has 0 fully saturated rings. The van der Waals surface area contributed by atoms with E-state index < -0.39 is 0 Å². The Balaban J connectivity index is 1.48. The summed E-state index contributed by atoms with van der Waals surface area (Å²) >= 11 is 0. The van der Waals surface area contributed by atoms with Crippen molar-refractivity contribution in [1.29, 1.82) is 0 Å². The number of hydrogen-bond donors (Lipinski definition) is 1. The predicted molar refractivity (Wildman–Crippen MR) is 78.0 cm³/mol. The Morgan fingerprint density at radius 3 is 2.90 bits per heavy atom. The van der Waals surface area contributed by atoms with Gasteiger partial charge in [0.2, 0.25) is 6.79 Å². The SMILES string of the molecule is O=C(C#Cc1ccc2c(c1)OCO2)NCCN1CC=CC1. The molecule has 108 valence electrons. The van der Waals surface area contributed by atoms with Crippen LogP contribution in [0.3, 0.4) is 0 Å². The van der Waals surface area contributed by atoms with Gasteiger partial charge in [-0.05, 0) is 18.2 Å². The molecule has 0 radical (unpaired) electrons. The van der Waals surface area contributed by atoms with Gasteiger partial charge in [0, 0.05) is 37.7 Å². The van der Waals surface area contributed by atoms with Crippen LogP contribution in [0.4, 0.5) is 0 Å². The number of amides is 1. The number of nitrogens with zero attached hydrogens (tertiary/aromatic N) is 1. The highest BCUT2D eigenvalue weighted by atomic mass is 16.7. The lowest BCUT2D eigenvalue weighted by Crippen LogP contribution is -2.33. The molecule has 1 N–H and O–H groups in total. The Labute approximate surface area is 123 Å². The summed E-state index contributed by atoms with van der Waals surface area (Å²) in [5.41, 5.74) is 0.734. The number of ether oxygens (including phenoxy) is 2. The van der Waals surface area contributed by atoms with Gasteiger partial charge in [-0.15, -0.1) is 0 Å². The largest absolute Gasteiger partial charge is 0.454 e. The van der Waals surface area contributed by atoms with Gasteiger partial charge in [-0.2, -0.15) is 0 Å². The van der Waals surface area contributed by atoms with E-state index in [1.54, 1.807) is 12.1 Å². The zero-order valence-corrected chi connectivity index (χ0v) is 11.6. The van der Waals surface area contributed by atoms with E-state index >= 15 is 0 Å². The number of hydrogen-bond acceptors (Lipinski definition) is 4. The summed E-state index contributed by atoms with van der Waals surface area (Å²) in [5.74, 6) is 6.53. The van der Waals surface area contributed by atoms with Crippen LogP contribution >= 0.6 is 0 Å². The summed E-state index contributed by atoms with van der Waals surface area (Å²) in [5, 5.41) is 2.79.